The van der Waals surface area contributed by atoms with E-state index in [1.54, 1.807) is 0 Å². The van der Waals surface area contributed by atoms with Crippen LogP contribution < -0.4 is 0 Å². The summed E-state index contributed by atoms with van der Waals surface area (Å²) in [7, 11) is 0. The number of nitrogens with zero attached hydrogens (tertiary/aromatic N) is 5. The summed E-state index contributed by atoms with van der Waals surface area (Å²) < 4.78 is 6.98. The molecule has 0 saturated heterocycles. The van der Waals surface area contributed by atoms with E-state index in [2.05, 4.69) is 129 Å². The minimum atomic E-state index is 0.913. The van der Waals surface area contributed by atoms with E-state index in [0.717, 1.165) is 44.3 Å². The van der Waals surface area contributed by atoms with E-state index in [4.69, 9.17) is 9.97 Å². The molecule has 0 amide bonds. The minimum Gasteiger partial charge on any atom is -0.307 e. The van der Waals surface area contributed by atoms with Gasteiger partial charge in [-0.1, -0.05) is 66.7 Å². The molecule has 0 aliphatic heterocycles. The summed E-state index contributed by atoms with van der Waals surface area (Å²) in [4.78, 5) is 9.55. The van der Waals surface area contributed by atoms with E-state index in [-0.39, 0.29) is 0 Å². The van der Waals surface area contributed by atoms with Gasteiger partial charge in [-0.2, -0.15) is 0 Å². The van der Waals surface area contributed by atoms with Gasteiger partial charge < -0.3 is 9.13 Å². The molecular weight excluding hydrogens is 526 g/mol. The highest BCUT2D eigenvalue weighted by Crippen LogP contribution is 2.43. The van der Waals surface area contributed by atoms with E-state index in [1.165, 1.54) is 38.1 Å². The third kappa shape index (κ3) is 2.95. The van der Waals surface area contributed by atoms with Crippen LogP contribution in [0.1, 0.15) is 0 Å². The first-order chi connectivity index (χ1) is 21.4. The molecule has 5 heterocycles. The molecule has 10 aromatic rings. The van der Waals surface area contributed by atoms with Gasteiger partial charge in [0.15, 0.2) is 0 Å². The molecule has 200 valence electrons. The lowest BCUT2D eigenvalue weighted by molar-refractivity contribution is 1.15. The molecule has 0 aliphatic rings. The molecular formula is C38H23N5. The Balaban J connectivity index is 1.50. The summed E-state index contributed by atoms with van der Waals surface area (Å²) in [5.74, 6) is 0. The fraction of sp³-hybridized carbons (Fsp3) is 0. The SMILES string of the molecule is c1ccc(-n2c3ccccc3c3ccc4c5cc6c(cc5n(-c5ccccc5)c4c32)c2cccnc2n2ccnc62)cc1. The number of fused-ring (bicyclic) bond motifs is 13. The third-order valence-electron chi connectivity index (χ3n) is 8.92. The number of imidazole rings is 1. The highest BCUT2D eigenvalue weighted by molar-refractivity contribution is 6.26. The lowest BCUT2D eigenvalue weighted by Gasteiger charge is -2.13. The smallest absolute Gasteiger partial charge is 0.146 e. The van der Waals surface area contributed by atoms with Gasteiger partial charge in [-0.15, -0.1) is 0 Å². The number of aromatic nitrogens is 5. The highest BCUT2D eigenvalue weighted by atomic mass is 15.1. The Morgan fingerprint density at radius 2 is 1.00 bits per heavy atom. The second-order valence-electron chi connectivity index (χ2n) is 11.1. The molecule has 0 radical (unpaired) electrons. The fourth-order valence-electron chi connectivity index (χ4n) is 7.16. The molecule has 0 N–H and O–H groups in total. The van der Waals surface area contributed by atoms with Crippen molar-refractivity contribution in [3.63, 3.8) is 0 Å². The minimum absolute atomic E-state index is 0.913. The van der Waals surface area contributed by atoms with Crippen LogP contribution in [0.4, 0.5) is 0 Å². The van der Waals surface area contributed by atoms with E-state index >= 15 is 0 Å². The van der Waals surface area contributed by atoms with Crippen molar-refractivity contribution in [1.82, 2.24) is 23.5 Å². The van der Waals surface area contributed by atoms with Crippen molar-refractivity contribution in [2.75, 3.05) is 0 Å². The van der Waals surface area contributed by atoms with Crippen molar-refractivity contribution in [2.24, 2.45) is 0 Å². The van der Waals surface area contributed by atoms with Gasteiger partial charge in [-0.05, 0) is 60.0 Å². The molecule has 0 bridgehead atoms. The fourth-order valence-corrected chi connectivity index (χ4v) is 7.16. The van der Waals surface area contributed by atoms with E-state index in [1.807, 2.05) is 24.7 Å². The average molecular weight is 550 g/mol. The third-order valence-corrected chi connectivity index (χ3v) is 8.92. The largest absolute Gasteiger partial charge is 0.307 e. The number of benzene rings is 5. The zero-order valence-corrected chi connectivity index (χ0v) is 23.0. The molecule has 0 spiro atoms. The molecule has 5 heteroatoms. The predicted molar refractivity (Wildman–Crippen MR) is 177 cm³/mol. The van der Waals surface area contributed by atoms with Crippen LogP contribution in [0.3, 0.4) is 0 Å². The summed E-state index contributed by atoms with van der Waals surface area (Å²) in [5.41, 5.74) is 8.85. The molecule has 0 fully saturated rings. The second kappa shape index (κ2) is 8.30. The van der Waals surface area contributed by atoms with Crippen LogP contribution in [0.5, 0.6) is 0 Å². The quantitative estimate of drug-likeness (QED) is 0.202. The topological polar surface area (TPSA) is 40.0 Å². The van der Waals surface area contributed by atoms with E-state index in [9.17, 15) is 0 Å². The maximum absolute atomic E-state index is 4.79. The van der Waals surface area contributed by atoms with Crippen LogP contribution in [-0.4, -0.2) is 23.5 Å². The number of pyridine rings is 2. The average Bonchev–Trinajstić information content (AvgIpc) is 3.78. The number of hydrogen-bond acceptors (Lipinski definition) is 2. The first-order valence-electron chi connectivity index (χ1n) is 14.5. The van der Waals surface area contributed by atoms with Crippen molar-refractivity contribution in [3.05, 3.63) is 140 Å². The molecule has 43 heavy (non-hydrogen) atoms. The van der Waals surface area contributed by atoms with Gasteiger partial charge in [0.25, 0.3) is 0 Å². The maximum atomic E-state index is 4.79. The van der Waals surface area contributed by atoms with Gasteiger partial charge in [0.1, 0.15) is 11.3 Å². The maximum Gasteiger partial charge on any atom is 0.146 e. The Morgan fingerprint density at radius 1 is 0.395 bits per heavy atom. The molecule has 0 unspecified atom stereocenters. The van der Waals surface area contributed by atoms with Crippen molar-refractivity contribution < 1.29 is 0 Å². The lowest BCUT2D eigenvalue weighted by atomic mass is 10.0. The first-order valence-corrected chi connectivity index (χ1v) is 14.5. The van der Waals surface area contributed by atoms with Crippen LogP contribution in [0.15, 0.2) is 140 Å². The summed E-state index contributed by atoms with van der Waals surface area (Å²) in [6.45, 7) is 0. The second-order valence-corrected chi connectivity index (χ2v) is 11.1. The summed E-state index contributed by atoms with van der Waals surface area (Å²) in [6, 6.07) is 43.6. The molecule has 5 aromatic carbocycles. The zero-order valence-electron chi connectivity index (χ0n) is 23.0. The van der Waals surface area contributed by atoms with Crippen molar-refractivity contribution in [2.45, 2.75) is 0 Å². The summed E-state index contributed by atoms with van der Waals surface area (Å²) in [5, 5.41) is 8.27. The molecule has 5 aromatic heterocycles. The molecule has 0 saturated carbocycles. The Morgan fingerprint density at radius 3 is 1.77 bits per heavy atom. The zero-order chi connectivity index (χ0) is 28.1. The Kier molecular flexibility index (Phi) is 4.39. The van der Waals surface area contributed by atoms with Gasteiger partial charge in [0, 0.05) is 62.3 Å². The van der Waals surface area contributed by atoms with Gasteiger partial charge in [-0.25, -0.2) is 9.97 Å². The highest BCUT2D eigenvalue weighted by Gasteiger charge is 2.22. The van der Waals surface area contributed by atoms with E-state index in [0.29, 0.717) is 0 Å². The standard InChI is InChI=1S/C38H23N5/c1-3-10-24(11-4-1)42-33-16-8-7-14-26(33)27-17-18-28-31-22-32-30(29-15-9-19-39-37(29)41-21-20-40-38(32)41)23-34(31)43(36(28)35(27)42)25-12-5-2-6-13-25/h1-23H. The Bertz CT molecular complexity index is 2710. The Labute approximate surface area is 245 Å². The van der Waals surface area contributed by atoms with Crippen LogP contribution in [-0.2, 0) is 0 Å². The number of hydrogen-bond donors (Lipinski definition) is 0. The number of para-hydroxylation sites is 3. The molecule has 5 nitrogen and oxygen atoms in total. The van der Waals surface area contributed by atoms with Gasteiger partial charge in [0.05, 0.1) is 22.1 Å². The van der Waals surface area contributed by atoms with Gasteiger partial charge in [-0.3, -0.25) is 4.40 Å². The van der Waals surface area contributed by atoms with Crippen LogP contribution in [0, 0.1) is 0 Å². The van der Waals surface area contributed by atoms with Crippen LogP contribution >= 0.6 is 0 Å². The lowest BCUT2D eigenvalue weighted by Crippen LogP contribution is -1.98. The predicted octanol–water partition coefficient (Wildman–Crippen LogP) is 9.23. The van der Waals surface area contributed by atoms with Crippen molar-refractivity contribution in [1.29, 1.82) is 0 Å². The monoisotopic (exact) mass is 549 g/mol. The van der Waals surface area contributed by atoms with E-state index < -0.39 is 0 Å². The van der Waals surface area contributed by atoms with Crippen molar-refractivity contribution in [3.8, 4) is 11.4 Å². The summed E-state index contributed by atoms with van der Waals surface area (Å²) in [6.07, 6.45) is 5.72. The molecule has 10 rings (SSSR count). The first kappa shape index (κ1) is 22.7. The molecule has 0 aliphatic carbocycles. The van der Waals surface area contributed by atoms with Gasteiger partial charge in [0.2, 0.25) is 0 Å². The molecule has 0 atom stereocenters. The Hall–Kier alpha value is -5.94. The number of rotatable bonds is 2. The normalized spacial score (nSPS) is 12.2. The van der Waals surface area contributed by atoms with Crippen molar-refractivity contribution >= 4 is 71.1 Å². The van der Waals surface area contributed by atoms with Gasteiger partial charge >= 0.3 is 0 Å². The van der Waals surface area contributed by atoms with Crippen LogP contribution in [0.25, 0.3) is 82.4 Å². The van der Waals surface area contributed by atoms with Crippen LogP contribution in [0.2, 0.25) is 0 Å². The summed E-state index contributed by atoms with van der Waals surface area (Å²) >= 11 is 0.